The van der Waals surface area contributed by atoms with E-state index >= 15 is 0 Å². The van der Waals surface area contributed by atoms with Gasteiger partial charge in [-0.05, 0) is 27.7 Å². The molecule has 1 N–H and O–H groups in total. The summed E-state index contributed by atoms with van der Waals surface area (Å²) in [5.74, 6) is -0.953. The zero-order chi connectivity index (χ0) is 14.4. The second kappa shape index (κ2) is 4.13. The van der Waals surface area contributed by atoms with E-state index in [1.165, 1.54) is 27.7 Å². The summed E-state index contributed by atoms with van der Waals surface area (Å²) in [5.41, 5.74) is -2.43. The van der Waals surface area contributed by atoms with Crippen LogP contribution >= 0.6 is 0 Å². The molecule has 0 saturated carbocycles. The predicted molar refractivity (Wildman–Crippen MR) is 58.7 cm³/mol. The van der Waals surface area contributed by atoms with E-state index in [0.717, 1.165) is 4.90 Å². The molecule has 0 aromatic heterocycles. The maximum atomic E-state index is 12.2. The van der Waals surface area contributed by atoms with Gasteiger partial charge in [-0.3, -0.25) is 9.59 Å². The Labute approximate surface area is 104 Å². The Morgan fingerprint density at radius 2 is 1.67 bits per heavy atom. The number of piperazine rings is 1. The Morgan fingerprint density at radius 1 is 1.17 bits per heavy atom. The molecule has 4 nitrogen and oxygen atoms in total. The number of amides is 2. The van der Waals surface area contributed by atoms with Crippen LogP contribution in [-0.2, 0) is 9.59 Å². The van der Waals surface area contributed by atoms with Crippen molar-refractivity contribution in [2.75, 3.05) is 6.54 Å². The minimum atomic E-state index is -4.35. The highest BCUT2D eigenvalue weighted by atomic mass is 19.4. The molecule has 2 amide bonds. The van der Waals surface area contributed by atoms with Gasteiger partial charge in [0.25, 0.3) is 0 Å². The summed E-state index contributed by atoms with van der Waals surface area (Å²) >= 11 is 0. The second-order valence-corrected chi connectivity index (χ2v) is 5.46. The van der Waals surface area contributed by atoms with E-state index in [1.54, 1.807) is 0 Å². The third-order valence-electron chi connectivity index (χ3n) is 3.06. The van der Waals surface area contributed by atoms with E-state index in [0.29, 0.717) is 0 Å². The molecular weight excluding hydrogens is 249 g/mol. The third kappa shape index (κ3) is 2.76. The van der Waals surface area contributed by atoms with Gasteiger partial charge < -0.3 is 10.2 Å². The summed E-state index contributed by atoms with van der Waals surface area (Å²) in [7, 11) is 0. The number of rotatable bonds is 2. The fourth-order valence-corrected chi connectivity index (χ4v) is 1.82. The van der Waals surface area contributed by atoms with Crippen molar-refractivity contribution in [1.82, 2.24) is 10.2 Å². The highest BCUT2D eigenvalue weighted by molar-refractivity contribution is 6.01. The molecule has 1 saturated heterocycles. The van der Waals surface area contributed by atoms with Crippen molar-refractivity contribution in [2.24, 2.45) is 0 Å². The number of nitrogens with one attached hydrogen (secondary N) is 1. The van der Waals surface area contributed by atoms with E-state index in [9.17, 15) is 22.8 Å². The number of hydrogen-bond acceptors (Lipinski definition) is 2. The van der Waals surface area contributed by atoms with Gasteiger partial charge in [-0.15, -0.1) is 0 Å². The Kier molecular flexibility index (Phi) is 3.40. The summed E-state index contributed by atoms with van der Waals surface area (Å²) < 4.78 is 36.7. The average Bonchev–Trinajstić information content (AvgIpc) is 2.12. The minimum Gasteiger partial charge on any atom is -0.340 e. The van der Waals surface area contributed by atoms with Crippen molar-refractivity contribution >= 4 is 11.8 Å². The highest BCUT2D eigenvalue weighted by Crippen LogP contribution is 2.28. The molecule has 0 bridgehead atoms. The van der Waals surface area contributed by atoms with E-state index in [4.69, 9.17) is 0 Å². The maximum absolute atomic E-state index is 12.2. The SMILES string of the molecule is CC1(C)NC(=O)C(C)(C)N(CCC(F)(F)F)C1=O. The number of carbonyl (C=O) groups excluding carboxylic acids is 2. The van der Waals surface area contributed by atoms with Gasteiger partial charge in [0.1, 0.15) is 11.1 Å². The predicted octanol–water partition coefficient (Wildman–Crippen LogP) is 1.45. The fraction of sp³-hybridized carbons (Fsp3) is 0.818. The molecule has 104 valence electrons. The van der Waals surface area contributed by atoms with Crippen molar-refractivity contribution in [3.63, 3.8) is 0 Å². The molecule has 0 spiro atoms. The second-order valence-electron chi connectivity index (χ2n) is 5.46. The van der Waals surface area contributed by atoms with Crippen LogP contribution in [-0.4, -0.2) is 40.5 Å². The smallest absolute Gasteiger partial charge is 0.340 e. The highest BCUT2D eigenvalue weighted by Gasteiger charge is 2.50. The van der Waals surface area contributed by atoms with Crippen LogP contribution in [0, 0.1) is 0 Å². The van der Waals surface area contributed by atoms with Crippen LogP contribution in [0.4, 0.5) is 13.2 Å². The summed E-state index contributed by atoms with van der Waals surface area (Å²) in [6.07, 6.45) is -5.47. The summed E-state index contributed by atoms with van der Waals surface area (Å²) in [6, 6.07) is 0. The Hall–Kier alpha value is -1.27. The van der Waals surface area contributed by atoms with Crippen molar-refractivity contribution in [1.29, 1.82) is 0 Å². The lowest BCUT2D eigenvalue weighted by Gasteiger charge is -2.47. The zero-order valence-corrected chi connectivity index (χ0v) is 10.8. The van der Waals surface area contributed by atoms with Gasteiger partial charge in [0, 0.05) is 6.54 Å². The van der Waals surface area contributed by atoms with Gasteiger partial charge in [-0.2, -0.15) is 13.2 Å². The van der Waals surface area contributed by atoms with E-state index in [1.807, 2.05) is 0 Å². The first-order valence-corrected chi connectivity index (χ1v) is 5.59. The molecule has 1 heterocycles. The molecule has 0 aliphatic carbocycles. The number of alkyl halides is 3. The number of carbonyl (C=O) groups is 2. The number of hydrogen-bond donors (Lipinski definition) is 1. The minimum absolute atomic E-state index is 0.450. The first-order valence-electron chi connectivity index (χ1n) is 5.59. The van der Waals surface area contributed by atoms with Crippen molar-refractivity contribution in [2.45, 2.75) is 51.4 Å². The summed E-state index contributed by atoms with van der Waals surface area (Å²) in [5, 5.41) is 2.51. The summed E-state index contributed by atoms with van der Waals surface area (Å²) in [6.45, 7) is 5.32. The molecule has 18 heavy (non-hydrogen) atoms. The van der Waals surface area contributed by atoms with Gasteiger partial charge in [-0.25, -0.2) is 0 Å². The zero-order valence-electron chi connectivity index (χ0n) is 10.8. The normalized spacial score (nSPS) is 22.9. The van der Waals surface area contributed by atoms with Gasteiger partial charge >= 0.3 is 6.18 Å². The van der Waals surface area contributed by atoms with Crippen LogP contribution in [0.5, 0.6) is 0 Å². The largest absolute Gasteiger partial charge is 0.390 e. The Balaban J connectivity index is 2.96. The molecular formula is C11H17F3N2O2. The molecule has 0 atom stereocenters. The van der Waals surface area contributed by atoms with E-state index in [-0.39, 0.29) is 0 Å². The summed E-state index contributed by atoms with van der Waals surface area (Å²) in [4.78, 5) is 24.9. The van der Waals surface area contributed by atoms with Gasteiger partial charge in [0.05, 0.1) is 6.42 Å². The first kappa shape index (κ1) is 14.8. The van der Waals surface area contributed by atoms with Crippen LogP contribution in [0.2, 0.25) is 0 Å². The molecule has 0 radical (unpaired) electrons. The van der Waals surface area contributed by atoms with Crippen LogP contribution in [0.15, 0.2) is 0 Å². The van der Waals surface area contributed by atoms with E-state index < -0.39 is 42.0 Å². The van der Waals surface area contributed by atoms with Gasteiger partial charge in [0.2, 0.25) is 11.8 Å². The topological polar surface area (TPSA) is 49.4 Å². The maximum Gasteiger partial charge on any atom is 0.390 e. The lowest BCUT2D eigenvalue weighted by Crippen LogP contribution is -2.72. The van der Waals surface area contributed by atoms with Crippen molar-refractivity contribution < 1.29 is 22.8 Å². The Bertz CT molecular complexity index is 375. The van der Waals surface area contributed by atoms with Gasteiger partial charge in [-0.1, -0.05) is 0 Å². The lowest BCUT2D eigenvalue weighted by atomic mass is 9.89. The quantitative estimate of drug-likeness (QED) is 0.822. The van der Waals surface area contributed by atoms with Crippen molar-refractivity contribution in [3.05, 3.63) is 0 Å². The van der Waals surface area contributed by atoms with E-state index in [2.05, 4.69) is 5.32 Å². The third-order valence-corrected chi connectivity index (χ3v) is 3.06. The molecule has 0 aromatic carbocycles. The molecule has 0 unspecified atom stereocenters. The van der Waals surface area contributed by atoms with Crippen LogP contribution < -0.4 is 5.32 Å². The van der Waals surface area contributed by atoms with Crippen LogP contribution in [0.3, 0.4) is 0 Å². The number of nitrogens with zero attached hydrogens (tertiary/aromatic N) is 1. The Morgan fingerprint density at radius 3 is 2.11 bits per heavy atom. The number of halogens is 3. The molecule has 1 aliphatic rings. The fourth-order valence-electron chi connectivity index (χ4n) is 1.82. The molecule has 0 aromatic rings. The molecule has 1 rings (SSSR count). The monoisotopic (exact) mass is 266 g/mol. The molecule has 1 fully saturated rings. The average molecular weight is 266 g/mol. The lowest BCUT2D eigenvalue weighted by molar-refractivity contribution is -0.167. The molecule has 7 heteroatoms. The molecule has 1 aliphatic heterocycles. The first-order chi connectivity index (χ1) is 7.88. The van der Waals surface area contributed by atoms with Crippen LogP contribution in [0.25, 0.3) is 0 Å². The standard InChI is InChI=1S/C11H17F3N2O2/c1-9(2)8(18)16(6-5-11(12,13)14)10(3,4)7(17)15-9/h5-6H2,1-4H3,(H,15,17). The van der Waals surface area contributed by atoms with Crippen LogP contribution in [0.1, 0.15) is 34.1 Å². The van der Waals surface area contributed by atoms with Crippen molar-refractivity contribution in [3.8, 4) is 0 Å². The van der Waals surface area contributed by atoms with Gasteiger partial charge in [0.15, 0.2) is 0 Å².